The van der Waals surface area contributed by atoms with Crippen molar-refractivity contribution in [3.05, 3.63) is 57.1 Å². The Morgan fingerprint density at radius 3 is 2.44 bits per heavy atom. The largest absolute Gasteiger partial charge is 0.416 e. The Morgan fingerprint density at radius 1 is 1.16 bits per heavy atom. The normalized spacial score (nSPS) is 16.4. The molecule has 2 heterocycles. The van der Waals surface area contributed by atoms with Crippen molar-refractivity contribution in [2.75, 3.05) is 11.1 Å². The molecule has 170 valence electrons. The molecule has 1 aliphatic rings. The van der Waals surface area contributed by atoms with Crippen LogP contribution >= 0.6 is 0 Å². The molecule has 1 atom stereocenters. The first kappa shape index (κ1) is 22.0. The Bertz CT molecular complexity index is 1250. The van der Waals surface area contributed by atoms with Gasteiger partial charge < -0.3 is 16.0 Å². The van der Waals surface area contributed by atoms with Crippen LogP contribution in [-0.4, -0.2) is 21.4 Å². The number of aryl methyl sites for hydroxylation is 1. The molecule has 0 aliphatic heterocycles. The molecule has 0 unspecified atom stereocenters. The molecule has 0 radical (unpaired) electrons. The van der Waals surface area contributed by atoms with E-state index < -0.39 is 35.2 Å². The Kier molecular flexibility index (Phi) is 5.09. The Labute approximate surface area is 179 Å². The van der Waals surface area contributed by atoms with E-state index in [1.54, 1.807) is 13.8 Å². The molecule has 2 aromatic heterocycles. The molecule has 6 nitrogen and oxygen atoms in total. The van der Waals surface area contributed by atoms with Gasteiger partial charge in [-0.25, -0.2) is 18.7 Å². The van der Waals surface area contributed by atoms with Gasteiger partial charge in [-0.05, 0) is 56.5 Å². The highest BCUT2D eigenvalue weighted by molar-refractivity contribution is 5.87. The lowest BCUT2D eigenvalue weighted by molar-refractivity contribution is -0.137. The van der Waals surface area contributed by atoms with Gasteiger partial charge in [-0.2, -0.15) is 13.2 Å². The second kappa shape index (κ2) is 7.42. The SMILES string of the molecule is Cc1nc(N[C@H](C)c2cc(N)cc(C(F)(F)F)c2)c2cc(C3(C(F)F)CC3)c(=O)[nH]c2n1. The van der Waals surface area contributed by atoms with Crippen LogP contribution in [0.15, 0.2) is 29.1 Å². The highest BCUT2D eigenvalue weighted by Gasteiger charge is 2.54. The van der Waals surface area contributed by atoms with Crippen LogP contribution in [0, 0.1) is 6.92 Å². The van der Waals surface area contributed by atoms with Crippen molar-refractivity contribution in [3.63, 3.8) is 0 Å². The zero-order chi connectivity index (χ0) is 23.4. The van der Waals surface area contributed by atoms with Gasteiger partial charge in [0.25, 0.3) is 5.56 Å². The minimum atomic E-state index is -4.57. The monoisotopic (exact) mass is 453 g/mol. The maximum atomic E-state index is 13.6. The molecular formula is C21H20F5N5O. The van der Waals surface area contributed by atoms with Crippen LogP contribution in [0.25, 0.3) is 11.0 Å². The number of fused-ring (bicyclic) bond motifs is 1. The first-order valence-electron chi connectivity index (χ1n) is 9.85. The number of hydrogen-bond acceptors (Lipinski definition) is 5. The van der Waals surface area contributed by atoms with Gasteiger partial charge in [0.15, 0.2) is 0 Å². The fourth-order valence-electron chi connectivity index (χ4n) is 3.80. The summed E-state index contributed by atoms with van der Waals surface area (Å²) in [6.07, 6.45) is -6.89. The van der Waals surface area contributed by atoms with E-state index in [1.165, 1.54) is 12.1 Å². The summed E-state index contributed by atoms with van der Waals surface area (Å²) in [5.74, 6) is 0.493. The molecule has 32 heavy (non-hydrogen) atoms. The van der Waals surface area contributed by atoms with E-state index >= 15 is 0 Å². The third kappa shape index (κ3) is 3.87. The summed E-state index contributed by atoms with van der Waals surface area (Å²) >= 11 is 0. The molecule has 1 saturated carbocycles. The topological polar surface area (TPSA) is 96.7 Å². The molecule has 3 aromatic rings. The van der Waals surface area contributed by atoms with E-state index in [9.17, 15) is 26.7 Å². The second-order valence-corrected chi connectivity index (χ2v) is 8.10. The Hall–Kier alpha value is -3.24. The molecule has 1 aromatic carbocycles. The van der Waals surface area contributed by atoms with Gasteiger partial charge in [-0.3, -0.25) is 4.79 Å². The molecule has 0 amide bonds. The smallest absolute Gasteiger partial charge is 0.399 e. The number of hydrogen-bond donors (Lipinski definition) is 3. The van der Waals surface area contributed by atoms with Gasteiger partial charge in [0.1, 0.15) is 17.3 Å². The molecule has 4 rings (SSSR count). The third-order valence-electron chi connectivity index (χ3n) is 5.72. The van der Waals surface area contributed by atoms with Crippen LogP contribution < -0.4 is 16.6 Å². The van der Waals surface area contributed by atoms with Crippen molar-refractivity contribution in [2.24, 2.45) is 0 Å². The summed E-state index contributed by atoms with van der Waals surface area (Å²) in [7, 11) is 0. The third-order valence-corrected chi connectivity index (χ3v) is 5.72. The molecule has 0 spiro atoms. The fourth-order valence-corrected chi connectivity index (χ4v) is 3.80. The van der Waals surface area contributed by atoms with Gasteiger partial charge in [0.05, 0.1) is 22.4 Å². The molecule has 0 saturated heterocycles. The number of aromatic amines is 1. The van der Waals surface area contributed by atoms with Gasteiger partial charge in [-0.1, -0.05) is 0 Å². The number of nitrogen functional groups attached to an aromatic ring is 1. The molecular weight excluding hydrogens is 433 g/mol. The van der Waals surface area contributed by atoms with Crippen molar-refractivity contribution in [1.82, 2.24) is 15.0 Å². The standard InChI is InChI=1S/C21H20F5N5O/c1-9(11-5-12(21(24,25)26)7-13(27)6-11)28-16-14-8-15(20(3-4-20)19(22)23)18(32)31-17(14)30-10(2)29-16/h5-9,19H,3-4,27H2,1-2H3,(H2,28,29,30,31,32)/t9-/m1/s1. The van der Waals surface area contributed by atoms with E-state index in [0.717, 1.165) is 12.1 Å². The quantitative estimate of drug-likeness (QED) is 0.385. The molecule has 1 aliphatic carbocycles. The summed E-state index contributed by atoms with van der Waals surface area (Å²) in [4.78, 5) is 23.5. The van der Waals surface area contributed by atoms with E-state index in [4.69, 9.17) is 5.73 Å². The van der Waals surface area contributed by atoms with E-state index in [2.05, 4.69) is 20.3 Å². The predicted octanol–water partition coefficient (Wildman–Crippen LogP) is 4.70. The highest BCUT2D eigenvalue weighted by atomic mass is 19.4. The lowest BCUT2D eigenvalue weighted by atomic mass is 9.97. The molecule has 4 N–H and O–H groups in total. The van der Waals surface area contributed by atoms with Gasteiger partial charge >= 0.3 is 6.18 Å². The minimum absolute atomic E-state index is 0.0496. The van der Waals surface area contributed by atoms with Crippen LogP contribution in [0.2, 0.25) is 0 Å². The first-order valence-corrected chi connectivity index (χ1v) is 9.85. The number of nitrogens with two attached hydrogens (primary N) is 1. The number of rotatable bonds is 5. The average Bonchev–Trinajstić information content (AvgIpc) is 3.48. The number of pyridine rings is 1. The van der Waals surface area contributed by atoms with Crippen LogP contribution in [0.1, 0.15) is 48.3 Å². The number of H-pyrrole nitrogens is 1. The summed E-state index contributed by atoms with van der Waals surface area (Å²) < 4.78 is 66.7. The van der Waals surface area contributed by atoms with Crippen molar-refractivity contribution >= 4 is 22.5 Å². The predicted molar refractivity (Wildman–Crippen MR) is 110 cm³/mol. The summed E-state index contributed by atoms with van der Waals surface area (Å²) in [6.45, 7) is 3.19. The first-order chi connectivity index (χ1) is 14.9. The number of halogens is 5. The number of anilines is 2. The van der Waals surface area contributed by atoms with Gasteiger partial charge in [0.2, 0.25) is 6.43 Å². The van der Waals surface area contributed by atoms with E-state index in [1.807, 2.05) is 0 Å². The number of aromatic nitrogens is 3. The maximum Gasteiger partial charge on any atom is 0.416 e. The van der Waals surface area contributed by atoms with Gasteiger partial charge in [-0.15, -0.1) is 0 Å². The van der Waals surface area contributed by atoms with Crippen LogP contribution in [-0.2, 0) is 11.6 Å². The van der Waals surface area contributed by atoms with Crippen LogP contribution in [0.4, 0.5) is 33.5 Å². The summed E-state index contributed by atoms with van der Waals surface area (Å²) in [5, 5.41) is 3.31. The lowest BCUT2D eigenvalue weighted by Gasteiger charge is -2.20. The maximum absolute atomic E-state index is 13.6. The minimum Gasteiger partial charge on any atom is -0.399 e. The van der Waals surface area contributed by atoms with Crippen molar-refractivity contribution in [3.8, 4) is 0 Å². The zero-order valence-electron chi connectivity index (χ0n) is 17.1. The van der Waals surface area contributed by atoms with Crippen molar-refractivity contribution < 1.29 is 22.0 Å². The highest BCUT2D eigenvalue weighted by Crippen LogP contribution is 2.52. The molecule has 11 heteroatoms. The van der Waals surface area contributed by atoms with E-state index in [-0.39, 0.29) is 46.9 Å². The Morgan fingerprint density at radius 2 is 1.84 bits per heavy atom. The van der Waals surface area contributed by atoms with Crippen molar-refractivity contribution in [1.29, 1.82) is 0 Å². The number of nitrogens with one attached hydrogen (secondary N) is 2. The lowest BCUT2D eigenvalue weighted by Crippen LogP contribution is -2.27. The van der Waals surface area contributed by atoms with Crippen molar-refractivity contribution in [2.45, 2.75) is 50.7 Å². The molecule has 0 bridgehead atoms. The summed E-state index contributed by atoms with van der Waals surface area (Å²) in [6, 6.07) is 3.91. The molecule has 1 fully saturated rings. The van der Waals surface area contributed by atoms with Gasteiger partial charge in [0, 0.05) is 11.3 Å². The zero-order valence-corrected chi connectivity index (χ0v) is 17.1. The Balaban J connectivity index is 1.78. The fraction of sp³-hybridized carbons (Fsp3) is 0.381. The average molecular weight is 453 g/mol. The number of alkyl halides is 5. The number of benzene rings is 1. The van der Waals surface area contributed by atoms with E-state index in [0.29, 0.717) is 5.39 Å². The number of nitrogens with zero attached hydrogens (tertiary/aromatic N) is 2. The van der Waals surface area contributed by atoms with Crippen LogP contribution in [0.3, 0.4) is 0 Å². The second-order valence-electron chi connectivity index (χ2n) is 8.10. The van der Waals surface area contributed by atoms with Crippen LogP contribution in [0.5, 0.6) is 0 Å². The summed E-state index contributed by atoms with van der Waals surface area (Å²) in [5.41, 5.74) is 2.95.